The average Bonchev–Trinajstić information content (AvgIpc) is 3.61. The van der Waals surface area contributed by atoms with E-state index in [1.165, 1.54) is 54.0 Å². The Morgan fingerprint density at radius 1 is 0.395 bits per heavy atom. The molecule has 0 bridgehead atoms. The standard InChI is InChI=1S/C36H25NS/c1-4-14-26(15-5-1)29-20-10-11-21-31(29)35-32-22-12-13-23-33(32)36(38-35)34-30(27-16-6-2-7-17-27)24-25-37(34)28-18-8-3-9-19-28/h1-25H. The molecule has 2 aromatic heterocycles. The SMILES string of the molecule is c1ccc(-c2ccccc2-c2sc(-c3c(-c4ccccc4)ccn3-c3ccccc3)c3ccccc23)cc1. The second-order valence-corrected chi connectivity index (χ2v) is 10.4. The molecule has 2 heterocycles. The van der Waals surface area contributed by atoms with E-state index in [0.29, 0.717) is 0 Å². The summed E-state index contributed by atoms with van der Waals surface area (Å²) >= 11 is 1.89. The topological polar surface area (TPSA) is 4.93 Å². The van der Waals surface area contributed by atoms with E-state index >= 15 is 0 Å². The van der Waals surface area contributed by atoms with Gasteiger partial charge in [-0.3, -0.25) is 0 Å². The zero-order chi connectivity index (χ0) is 25.3. The fourth-order valence-corrected chi connectivity index (χ4v) is 6.71. The molecule has 180 valence electrons. The molecule has 1 nitrogen and oxygen atoms in total. The molecular formula is C36H25NS. The van der Waals surface area contributed by atoms with Crippen molar-refractivity contribution in [3.63, 3.8) is 0 Å². The number of nitrogens with zero attached hydrogens (tertiary/aromatic N) is 1. The molecular weight excluding hydrogens is 478 g/mol. The average molecular weight is 504 g/mol. The summed E-state index contributed by atoms with van der Waals surface area (Å²) in [7, 11) is 0. The summed E-state index contributed by atoms with van der Waals surface area (Å²) in [4.78, 5) is 2.58. The number of aromatic nitrogens is 1. The van der Waals surface area contributed by atoms with Crippen LogP contribution in [0.3, 0.4) is 0 Å². The summed E-state index contributed by atoms with van der Waals surface area (Å²) in [5.41, 5.74) is 8.61. The van der Waals surface area contributed by atoms with Gasteiger partial charge < -0.3 is 4.57 Å². The molecule has 38 heavy (non-hydrogen) atoms. The lowest BCUT2D eigenvalue weighted by Crippen LogP contribution is -1.95. The Morgan fingerprint density at radius 3 is 1.55 bits per heavy atom. The summed E-state index contributed by atoms with van der Waals surface area (Å²) in [5, 5.41) is 2.57. The molecule has 0 aliphatic rings. The van der Waals surface area contributed by atoms with E-state index in [2.05, 4.69) is 156 Å². The molecule has 0 N–H and O–H groups in total. The number of benzene rings is 5. The van der Waals surface area contributed by atoms with Gasteiger partial charge in [0, 0.05) is 38.7 Å². The number of rotatable bonds is 5. The van der Waals surface area contributed by atoms with Crippen molar-refractivity contribution in [3.8, 4) is 49.0 Å². The van der Waals surface area contributed by atoms with Gasteiger partial charge in [0.05, 0.1) is 10.6 Å². The third-order valence-corrected chi connectivity index (χ3v) is 8.36. The normalized spacial score (nSPS) is 11.2. The summed E-state index contributed by atoms with van der Waals surface area (Å²) in [6, 6.07) is 52.0. The molecule has 7 aromatic rings. The molecule has 0 atom stereocenters. The van der Waals surface area contributed by atoms with Crippen molar-refractivity contribution in [2.75, 3.05) is 0 Å². The van der Waals surface area contributed by atoms with Crippen molar-refractivity contribution in [1.82, 2.24) is 4.57 Å². The minimum Gasteiger partial charge on any atom is -0.315 e. The first-order chi connectivity index (χ1) is 18.9. The largest absolute Gasteiger partial charge is 0.315 e. The molecule has 0 saturated carbocycles. The Morgan fingerprint density at radius 2 is 0.895 bits per heavy atom. The third kappa shape index (κ3) is 3.87. The lowest BCUT2D eigenvalue weighted by Gasteiger charge is -2.12. The molecule has 0 fully saturated rings. The monoisotopic (exact) mass is 503 g/mol. The molecule has 0 radical (unpaired) electrons. The van der Waals surface area contributed by atoms with E-state index in [0.717, 1.165) is 5.69 Å². The molecule has 5 aromatic carbocycles. The number of hydrogen-bond acceptors (Lipinski definition) is 1. The number of thiophene rings is 1. The van der Waals surface area contributed by atoms with E-state index in [-0.39, 0.29) is 0 Å². The molecule has 0 aliphatic carbocycles. The fourth-order valence-electron chi connectivity index (χ4n) is 5.34. The van der Waals surface area contributed by atoms with Crippen LogP contribution in [0.5, 0.6) is 0 Å². The van der Waals surface area contributed by atoms with Crippen LogP contribution in [-0.4, -0.2) is 4.57 Å². The van der Waals surface area contributed by atoms with Gasteiger partial charge in [0.1, 0.15) is 0 Å². The lowest BCUT2D eigenvalue weighted by molar-refractivity contribution is 1.09. The minimum absolute atomic E-state index is 1.16. The van der Waals surface area contributed by atoms with E-state index in [9.17, 15) is 0 Å². The van der Waals surface area contributed by atoms with Crippen LogP contribution in [0.1, 0.15) is 0 Å². The third-order valence-electron chi connectivity index (χ3n) is 7.10. The second-order valence-electron chi connectivity index (χ2n) is 9.37. The maximum absolute atomic E-state index is 2.34. The van der Waals surface area contributed by atoms with Crippen LogP contribution in [0.2, 0.25) is 0 Å². The molecule has 2 heteroatoms. The highest BCUT2D eigenvalue weighted by atomic mass is 32.1. The zero-order valence-corrected chi connectivity index (χ0v) is 21.6. The quantitative estimate of drug-likeness (QED) is 0.220. The van der Waals surface area contributed by atoms with Crippen LogP contribution in [-0.2, 0) is 0 Å². The Bertz CT molecular complexity index is 1790. The lowest BCUT2D eigenvalue weighted by atomic mass is 9.96. The fraction of sp³-hybridized carbons (Fsp3) is 0. The van der Waals surface area contributed by atoms with Gasteiger partial charge in [-0.25, -0.2) is 0 Å². The highest BCUT2D eigenvalue weighted by Crippen LogP contribution is 2.49. The van der Waals surface area contributed by atoms with Gasteiger partial charge in [0.2, 0.25) is 0 Å². The molecule has 0 amide bonds. The van der Waals surface area contributed by atoms with Gasteiger partial charge >= 0.3 is 0 Å². The summed E-state index contributed by atoms with van der Waals surface area (Å²) in [5.74, 6) is 0. The number of hydrogen-bond donors (Lipinski definition) is 0. The summed E-state index contributed by atoms with van der Waals surface area (Å²) in [6.07, 6.45) is 2.21. The highest BCUT2D eigenvalue weighted by Gasteiger charge is 2.22. The maximum Gasteiger partial charge on any atom is 0.0713 e. The highest BCUT2D eigenvalue weighted by molar-refractivity contribution is 7.21. The molecule has 0 saturated heterocycles. The van der Waals surface area contributed by atoms with Gasteiger partial charge in [-0.1, -0.05) is 127 Å². The maximum atomic E-state index is 2.34. The first-order valence-electron chi connectivity index (χ1n) is 12.9. The number of fused-ring (bicyclic) bond motifs is 1. The van der Waals surface area contributed by atoms with E-state index < -0.39 is 0 Å². The molecule has 0 spiro atoms. The van der Waals surface area contributed by atoms with Crippen molar-refractivity contribution < 1.29 is 0 Å². The van der Waals surface area contributed by atoms with Crippen molar-refractivity contribution >= 4 is 22.1 Å². The van der Waals surface area contributed by atoms with Crippen LogP contribution < -0.4 is 0 Å². The first-order valence-corrected chi connectivity index (χ1v) is 13.7. The van der Waals surface area contributed by atoms with Gasteiger partial charge in [0.15, 0.2) is 0 Å². The smallest absolute Gasteiger partial charge is 0.0713 e. The Balaban J connectivity index is 1.53. The van der Waals surface area contributed by atoms with E-state index in [4.69, 9.17) is 0 Å². The number of para-hydroxylation sites is 1. The van der Waals surface area contributed by atoms with Crippen molar-refractivity contribution in [2.45, 2.75) is 0 Å². The summed E-state index contributed by atoms with van der Waals surface area (Å²) in [6.45, 7) is 0. The predicted molar refractivity (Wildman–Crippen MR) is 163 cm³/mol. The van der Waals surface area contributed by atoms with Crippen LogP contribution in [0.15, 0.2) is 152 Å². The Labute approximate surface area is 226 Å². The predicted octanol–water partition coefficient (Wildman–Crippen LogP) is 10.4. The zero-order valence-electron chi connectivity index (χ0n) is 20.8. The van der Waals surface area contributed by atoms with Crippen molar-refractivity contribution in [1.29, 1.82) is 0 Å². The van der Waals surface area contributed by atoms with Crippen LogP contribution in [0.25, 0.3) is 59.7 Å². The molecule has 0 unspecified atom stereocenters. The van der Waals surface area contributed by atoms with Gasteiger partial charge in [-0.15, -0.1) is 11.3 Å². The second kappa shape index (κ2) is 9.66. The van der Waals surface area contributed by atoms with Crippen LogP contribution in [0.4, 0.5) is 0 Å². The first kappa shape index (κ1) is 22.5. The van der Waals surface area contributed by atoms with Crippen molar-refractivity contribution in [3.05, 3.63) is 152 Å². The van der Waals surface area contributed by atoms with Crippen LogP contribution >= 0.6 is 11.3 Å². The van der Waals surface area contributed by atoms with E-state index in [1.807, 2.05) is 11.3 Å². The van der Waals surface area contributed by atoms with Crippen LogP contribution in [0, 0.1) is 0 Å². The minimum atomic E-state index is 1.16. The summed E-state index contributed by atoms with van der Waals surface area (Å²) < 4.78 is 2.34. The van der Waals surface area contributed by atoms with Gasteiger partial charge in [-0.05, 0) is 34.9 Å². The Kier molecular flexibility index (Phi) is 5.73. The van der Waals surface area contributed by atoms with Crippen molar-refractivity contribution in [2.24, 2.45) is 0 Å². The van der Waals surface area contributed by atoms with E-state index in [1.54, 1.807) is 0 Å². The van der Waals surface area contributed by atoms with Gasteiger partial charge in [0.25, 0.3) is 0 Å². The molecule has 7 rings (SSSR count). The molecule has 0 aliphatic heterocycles. The Hall–Kier alpha value is -4.66. The van der Waals surface area contributed by atoms with Gasteiger partial charge in [-0.2, -0.15) is 0 Å².